The first-order valence-corrected chi connectivity index (χ1v) is 8.97. The zero-order valence-corrected chi connectivity index (χ0v) is 14.5. The topological polar surface area (TPSA) is 53.4 Å². The Balaban J connectivity index is 1.66. The molecule has 0 bridgehead atoms. The summed E-state index contributed by atoms with van der Waals surface area (Å²) in [4.78, 5) is 19.4. The van der Waals surface area contributed by atoms with E-state index < -0.39 is 17.8 Å². The quantitative estimate of drug-likeness (QED) is 0.753. The van der Waals surface area contributed by atoms with Crippen LogP contribution in [0.5, 0.6) is 0 Å². The molecule has 0 saturated heterocycles. The fraction of sp³-hybridized carbons (Fsp3) is 0.176. The smallest absolute Gasteiger partial charge is 0.256 e. The van der Waals surface area contributed by atoms with Crippen LogP contribution in [0.25, 0.3) is 9.88 Å². The molecule has 2 aromatic heterocycles. The maximum atomic E-state index is 12.9. The number of amides is 1. The lowest BCUT2D eigenvalue weighted by Crippen LogP contribution is -2.31. The van der Waals surface area contributed by atoms with Crippen molar-refractivity contribution in [3.63, 3.8) is 0 Å². The number of carbonyl (C=O) groups excluding carboxylic acids is 1. The molecule has 124 valence electrons. The Morgan fingerprint density at radius 2 is 2.04 bits per heavy atom. The molecule has 1 aromatic carbocycles. The number of rotatable bonds is 5. The van der Waals surface area contributed by atoms with Crippen LogP contribution in [-0.2, 0) is 11.3 Å². The first-order valence-electron chi connectivity index (χ1n) is 7.21. The molecule has 0 aliphatic carbocycles. The molecule has 1 N–H and O–H groups in total. The molecule has 7 heteroatoms. The van der Waals surface area contributed by atoms with Crippen molar-refractivity contribution in [2.75, 3.05) is 7.05 Å². The number of hydrogen-bond donors (Lipinski definition) is 1. The molecule has 0 fully saturated rings. The van der Waals surface area contributed by atoms with E-state index in [9.17, 15) is 14.3 Å². The van der Waals surface area contributed by atoms with E-state index in [-0.39, 0.29) is 0 Å². The summed E-state index contributed by atoms with van der Waals surface area (Å²) in [5.74, 6) is -0.859. The van der Waals surface area contributed by atoms with Crippen LogP contribution in [0.1, 0.15) is 17.4 Å². The predicted octanol–water partition coefficient (Wildman–Crippen LogP) is 3.70. The third-order valence-electron chi connectivity index (χ3n) is 3.48. The van der Waals surface area contributed by atoms with E-state index in [1.54, 1.807) is 18.4 Å². The number of halogens is 1. The minimum absolute atomic E-state index is 0.305. The minimum atomic E-state index is -1.31. The number of benzene rings is 1. The number of thiazole rings is 1. The number of likely N-dealkylation sites (N-methyl/N-ethyl adjacent to an activating group) is 1. The molecular formula is C17H15FN2O2S2. The highest BCUT2D eigenvalue weighted by atomic mass is 32.1. The Kier molecular flexibility index (Phi) is 5.03. The summed E-state index contributed by atoms with van der Waals surface area (Å²) < 4.78 is 12.9. The largest absolute Gasteiger partial charge is 0.378 e. The van der Waals surface area contributed by atoms with Crippen molar-refractivity contribution in [2.24, 2.45) is 0 Å². The monoisotopic (exact) mass is 362 g/mol. The van der Waals surface area contributed by atoms with E-state index >= 15 is 0 Å². The zero-order valence-electron chi connectivity index (χ0n) is 12.8. The Hall–Kier alpha value is -2.09. The summed E-state index contributed by atoms with van der Waals surface area (Å²) in [6.07, 6.45) is -1.31. The highest BCUT2D eigenvalue weighted by Gasteiger charge is 2.22. The Morgan fingerprint density at radius 1 is 1.29 bits per heavy atom. The Labute approximate surface area is 146 Å². The molecule has 0 saturated carbocycles. The average Bonchev–Trinajstić information content (AvgIpc) is 3.25. The van der Waals surface area contributed by atoms with Crippen molar-refractivity contribution in [3.8, 4) is 9.88 Å². The normalized spacial score (nSPS) is 12.1. The third-order valence-corrected chi connectivity index (χ3v) is 5.41. The van der Waals surface area contributed by atoms with E-state index in [1.807, 2.05) is 22.9 Å². The molecule has 24 heavy (non-hydrogen) atoms. The molecule has 0 radical (unpaired) electrons. The Bertz CT molecular complexity index is 816. The number of hydrogen-bond acceptors (Lipinski definition) is 5. The fourth-order valence-electron chi connectivity index (χ4n) is 2.21. The highest BCUT2D eigenvalue weighted by molar-refractivity contribution is 7.20. The van der Waals surface area contributed by atoms with Crippen LogP contribution >= 0.6 is 22.7 Å². The molecular weight excluding hydrogens is 347 g/mol. The zero-order chi connectivity index (χ0) is 17.1. The summed E-state index contributed by atoms with van der Waals surface area (Å²) in [7, 11) is 1.61. The number of aliphatic hydroxyl groups excluding tert-OH is 1. The molecule has 1 atom stereocenters. The van der Waals surface area contributed by atoms with Crippen LogP contribution in [0.3, 0.4) is 0 Å². The van der Waals surface area contributed by atoms with Gasteiger partial charge >= 0.3 is 0 Å². The molecule has 0 aliphatic rings. The maximum absolute atomic E-state index is 12.9. The second-order valence-electron chi connectivity index (χ2n) is 5.27. The van der Waals surface area contributed by atoms with Gasteiger partial charge in [-0.05, 0) is 29.1 Å². The van der Waals surface area contributed by atoms with Gasteiger partial charge in [-0.2, -0.15) is 0 Å². The van der Waals surface area contributed by atoms with Crippen LogP contribution in [-0.4, -0.2) is 27.9 Å². The minimum Gasteiger partial charge on any atom is -0.378 e. The molecule has 0 unspecified atom stereocenters. The number of nitrogens with zero attached hydrogens (tertiary/aromatic N) is 2. The van der Waals surface area contributed by atoms with Crippen molar-refractivity contribution in [1.29, 1.82) is 0 Å². The molecule has 3 rings (SSSR count). The number of carbonyl (C=O) groups is 1. The molecule has 0 aliphatic heterocycles. The summed E-state index contributed by atoms with van der Waals surface area (Å²) >= 11 is 3.14. The van der Waals surface area contributed by atoms with Gasteiger partial charge in [0.15, 0.2) is 6.10 Å². The number of thiophene rings is 1. The lowest BCUT2D eigenvalue weighted by atomic mass is 10.1. The molecule has 2 heterocycles. The van der Waals surface area contributed by atoms with Gasteiger partial charge in [0.05, 0.1) is 17.1 Å². The Morgan fingerprint density at radius 3 is 2.71 bits per heavy atom. The van der Waals surface area contributed by atoms with Gasteiger partial charge in [0.25, 0.3) is 5.91 Å². The number of aliphatic hydroxyl groups is 1. The molecule has 3 aromatic rings. The SMILES string of the molecule is CN(Cc1csc(-c2cccs2)n1)C(=O)[C@@H](O)c1ccc(F)cc1. The van der Waals surface area contributed by atoms with Crippen LogP contribution < -0.4 is 0 Å². The lowest BCUT2D eigenvalue weighted by molar-refractivity contribution is -0.139. The van der Waals surface area contributed by atoms with Gasteiger partial charge in [-0.1, -0.05) is 18.2 Å². The highest BCUT2D eigenvalue weighted by Crippen LogP contribution is 2.28. The van der Waals surface area contributed by atoms with E-state index in [0.29, 0.717) is 12.1 Å². The van der Waals surface area contributed by atoms with E-state index in [0.717, 1.165) is 15.6 Å². The second kappa shape index (κ2) is 7.21. The summed E-state index contributed by atoms with van der Waals surface area (Å²) in [6.45, 7) is 0.305. The van der Waals surface area contributed by atoms with Gasteiger partial charge in [-0.3, -0.25) is 4.79 Å². The van der Waals surface area contributed by atoms with Gasteiger partial charge in [0.2, 0.25) is 0 Å². The van der Waals surface area contributed by atoms with Gasteiger partial charge in [0, 0.05) is 12.4 Å². The standard InChI is InChI=1S/C17H15FN2O2S2/c1-20(17(22)15(21)11-4-6-12(18)7-5-11)9-13-10-24-16(19-13)14-3-2-8-23-14/h2-8,10,15,21H,9H2,1H3/t15-/m0/s1. The molecule has 4 nitrogen and oxygen atoms in total. The molecule has 0 spiro atoms. The first-order chi connectivity index (χ1) is 11.5. The third kappa shape index (κ3) is 3.69. The van der Waals surface area contributed by atoms with Crippen molar-refractivity contribution >= 4 is 28.6 Å². The maximum Gasteiger partial charge on any atom is 0.256 e. The van der Waals surface area contributed by atoms with E-state index in [4.69, 9.17) is 0 Å². The van der Waals surface area contributed by atoms with Crippen molar-refractivity contribution in [2.45, 2.75) is 12.6 Å². The average molecular weight is 362 g/mol. The van der Waals surface area contributed by atoms with Crippen molar-refractivity contribution in [1.82, 2.24) is 9.88 Å². The summed E-state index contributed by atoms with van der Waals surface area (Å²) in [6, 6.07) is 9.22. The van der Waals surface area contributed by atoms with Crippen LogP contribution in [0.4, 0.5) is 4.39 Å². The number of aromatic nitrogens is 1. The van der Waals surface area contributed by atoms with E-state index in [1.165, 1.54) is 40.5 Å². The van der Waals surface area contributed by atoms with Crippen LogP contribution in [0, 0.1) is 5.82 Å². The van der Waals surface area contributed by atoms with Gasteiger partial charge in [0.1, 0.15) is 10.8 Å². The van der Waals surface area contributed by atoms with Crippen molar-refractivity contribution in [3.05, 3.63) is 64.2 Å². The van der Waals surface area contributed by atoms with Crippen LogP contribution in [0.2, 0.25) is 0 Å². The summed E-state index contributed by atoms with van der Waals surface area (Å²) in [5, 5.41) is 15.0. The van der Waals surface area contributed by atoms with E-state index in [2.05, 4.69) is 4.98 Å². The van der Waals surface area contributed by atoms with Gasteiger partial charge < -0.3 is 10.0 Å². The fourth-order valence-corrected chi connectivity index (χ4v) is 3.84. The predicted molar refractivity (Wildman–Crippen MR) is 93.3 cm³/mol. The first kappa shape index (κ1) is 16.8. The van der Waals surface area contributed by atoms with Gasteiger partial charge in [-0.25, -0.2) is 9.37 Å². The van der Waals surface area contributed by atoms with Crippen LogP contribution in [0.15, 0.2) is 47.2 Å². The summed E-state index contributed by atoms with van der Waals surface area (Å²) in [5.41, 5.74) is 1.14. The molecule has 1 amide bonds. The van der Waals surface area contributed by atoms with Crippen molar-refractivity contribution < 1.29 is 14.3 Å². The second-order valence-corrected chi connectivity index (χ2v) is 7.08. The lowest BCUT2D eigenvalue weighted by Gasteiger charge is -2.20. The van der Waals surface area contributed by atoms with Gasteiger partial charge in [-0.15, -0.1) is 22.7 Å².